The smallest absolute Gasteiger partial charge is 0.238 e. The molecular weight excluding hydrogens is 271 g/mol. The van der Waals surface area contributed by atoms with E-state index in [1.165, 1.54) is 12.7 Å². The van der Waals surface area contributed by atoms with Crippen molar-refractivity contribution in [3.8, 4) is 0 Å². The van der Waals surface area contributed by atoms with Crippen LogP contribution in [0.1, 0.15) is 18.9 Å². The van der Waals surface area contributed by atoms with Gasteiger partial charge in [-0.1, -0.05) is 19.1 Å². The van der Waals surface area contributed by atoms with Crippen LogP contribution in [-0.4, -0.2) is 49.8 Å². The topological polar surface area (TPSA) is 41.6 Å². The highest BCUT2D eigenvalue weighted by Crippen LogP contribution is 2.25. The first-order valence-corrected chi connectivity index (χ1v) is 7.33. The fourth-order valence-electron chi connectivity index (χ4n) is 2.66. The summed E-state index contributed by atoms with van der Waals surface area (Å²) in [6.45, 7) is 3.23. The van der Waals surface area contributed by atoms with Crippen LogP contribution in [0.25, 0.3) is 0 Å². The van der Waals surface area contributed by atoms with Crippen LogP contribution in [0.15, 0.2) is 24.3 Å². The molecule has 1 aliphatic rings. The summed E-state index contributed by atoms with van der Waals surface area (Å²) in [5, 5.41) is 2.85. The van der Waals surface area contributed by atoms with Crippen LogP contribution in [-0.2, 0) is 16.0 Å². The molecule has 1 atom stereocenters. The predicted molar refractivity (Wildman–Crippen MR) is 81.2 cm³/mol. The maximum absolute atomic E-state index is 14.2. The number of amides is 1. The Morgan fingerprint density at radius 3 is 2.76 bits per heavy atom. The molecule has 1 aromatic carbocycles. The van der Waals surface area contributed by atoms with Gasteiger partial charge < -0.3 is 10.1 Å². The second-order valence-corrected chi connectivity index (χ2v) is 5.64. The Labute approximate surface area is 125 Å². The lowest BCUT2D eigenvalue weighted by Gasteiger charge is -2.19. The predicted octanol–water partition coefficient (Wildman–Crippen LogP) is 2.25. The fraction of sp³-hybridized carbons (Fsp3) is 0.562. The lowest BCUT2D eigenvalue weighted by molar-refractivity contribution is -0.117. The van der Waals surface area contributed by atoms with E-state index in [1.807, 2.05) is 29.2 Å². The zero-order valence-corrected chi connectivity index (χ0v) is 12.7. The number of halogens is 1. The average Bonchev–Trinajstić information content (AvgIpc) is 2.81. The van der Waals surface area contributed by atoms with Crippen molar-refractivity contribution in [2.45, 2.75) is 25.4 Å². The monoisotopic (exact) mass is 294 g/mol. The van der Waals surface area contributed by atoms with Crippen molar-refractivity contribution in [1.82, 2.24) is 4.90 Å². The third-order valence-corrected chi connectivity index (χ3v) is 3.80. The molecule has 0 spiro atoms. The van der Waals surface area contributed by atoms with Crippen LogP contribution in [0.5, 0.6) is 0 Å². The number of anilines is 1. The van der Waals surface area contributed by atoms with E-state index in [1.54, 1.807) is 0 Å². The summed E-state index contributed by atoms with van der Waals surface area (Å²) >= 11 is 0. The van der Waals surface area contributed by atoms with Crippen LogP contribution in [0.2, 0.25) is 0 Å². The van der Waals surface area contributed by atoms with E-state index in [4.69, 9.17) is 4.74 Å². The van der Waals surface area contributed by atoms with E-state index in [0.29, 0.717) is 13.0 Å². The third kappa shape index (κ3) is 4.51. The first kappa shape index (κ1) is 15.9. The summed E-state index contributed by atoms with van der Waals surface area (Å²) < 4.78 is 19.1. The molecule has 116 valence electrons. The van der Waals surface area contributed by atoms with E-state index < -0.39 is 5.67 Å². The Hall–Kier alpha value is -1.46. The summed E-state index contributed by atoms with van der Waals surface area (Å²) in [6, 6.07) is 7.78. The lowest BCUT2D eigenvalue weighted by Crippen LogP contribution is -2.36. The van der Waals surface area contributed by atoms with Crippen LogP contribution < -0.4 is 5.32 Å². The second kappa shape index (κ2) is 7.00. The fourth-order valence-corrected chi connectivity index (χ4v) is 2.66. The van der Waals surface area contributed by atoms with Gasteiger partial charge in [-0.15, -0.1) is 0 Å². The summed E-state index contributed by atoms with van der Waals surface area (Å²) in [4.78, 5) is 13.8. The van der Waals surface area contributed by atoms with Gasteiger partial charge in [-0.3, -0.25) is 9.69 Å². The summed E-state index contributed by atoms with van der Waals surface area (Å²) in [5.41, 5.74) is 0.687. The van der Waals surface area contributed by atoms with Crippen molar-refractivity contribution in [3.05, 3.63) is 29.8 Å². The van der Waals surface area contributed by atoms with Gasteiger partial charge >= 0.3 is 0 Å². The van der Waals surface area contributed by atoms with Gasteiger partial charge in [-0.25, -0.2) is 4.39 Å². The number of benzene rings is 1. The van der Waals surface area contributed by atoms with Gasteiger partial charge in [0.15, 0.2) is 0 Å². The van der Waals surface area contributed by atoms with Crippen molar-refractivity contribution >= 4 is 11.6 Å². The summed E-state index contributed by atoms with van der Waals surface area (Å²) in [6.07, 6.45) is 1.39. The van der Waals surface area contributed by atoms with Gasteiger partial charge in [-0.05, 0) is 30.5 Å². The number of ether oxygens (including phenoxy) is 1. The molecule has 1 saturated heterocycles. The zero-order valence-electron chi connectivity index (χ0n) is 12.7. The highest BCUT2D eigenvalue weighted by atomic mass is 19.1. The first-order chi connectivity index (χ1) is 10.0. The number of aryl methyl sites for hydroxylation is 1. The minimum absolute atomic E-state index is 0.0869. The van der Waals surface area contributed by atoms with Crippen molar-refractivity contribution in [2.75, 3.05) is 38.7 Å². The second-order valence-electron chi connectivity index (χ2n) is 5.64. The molecule has 1 amide bonds. The molecule has 4 nitrogen and oxygen atoms in total. The maximum Gasteiger partial charge on any atom is 0.238 e. The Bertz CT molecular complexity index is 478. The number of alkyl halides is 1. The summed E-state index contributed by atoms with van der Waals surface area (Å²) in [7, 11) is 1.50. The highest BCUT2D eigenvalue weighted by Gasteiger charge is 2.38. The molecule has 1 aliphatic heterocycles. The molecule has 1 aromatic rings. The van der Waals surface area contributed by atoms with Crippen molar-refractivity contribution in [1.29, 1.82) is 0 Å². The van der Waals surface area contributed by atoms with E-state index in [9.17, 15) is 9.18 Å². The third-order valence-electron chi connectivity index (χ3n) is 3.80. The lowest BCUT2D eigenvalue weighted by atomic mass is 10.1. The van der Waals surface area contributed by atoms with Crippen molar-refractivity contribution < 1.29 is 13.9 Å². The van der Waals surface area contributed by atoms with Crippen LogP contribution in [0.3, 0.4) is 0 Å². The number of hydrogen-bond acceptors (Lipinski definition) is 3. The van der Waals surface area contributed by atoms with E-state index in [0.717, 1.165) is 12.1 Å². The van der Waals surface area contributed by atoms with Crippen molar-refractivity contribution in [2.24, 2.45) is 0 Å². The normalized spacial score (nSPS) is 22.4. The Balaban J connectivity index is 1.82. The van der Waals surface area contributed by atoms with E-state index in [-0.39, 0.29) is 25.6 Å². The molecular formula is C16H23FN2O2. The van der Waals surface area contributed by atoms with E-state index >= 15 is 0 Å². The quantitative estimate of drug-likeness (QED) is 0.875. The SMILES string of the molecule is CCc1ccc(NC(=O)CN2CCC(F)(COC)C2)cc1. The van der Waals surface area contributed by atoms with Crippen LogP contribution in [0, 0.1) is 0 Å². The molecule has 0 bridgehead atoms. The Morgan fingerprint density at radius 1 is 1.43 bits per heavy atom. The van der Waals surface area contributed by atoms with Crippen molar-refractivity contribution in [3.63, 3.8) is 0 Å². The number of nitrogens with zero attached hydrogens (tertiary/aromatic N) is 1. The highest BCUT2D eigenvalue weighted by molar-refractivity contribution is 5.92. The standard InChI is InChI=1S/C16H23FN2O2/c1-3-13-4-6-14(7-5-13)18-15(20)10-19-9-8-16(17,11-19)12-21-2/h4-7H,3,8-12H2,1-2H3,(H,18,20). The average molecular weight is 294 g/mol. The van der Waals surface area contributed by atoms with Gasteiger partial charge in [0.25, 0.3) is 0 Å². The largest absolute Gasteiger partial charge is 0.381 e. The zero-order chi connectivity index (χ0) is 15.3. The van der Waals surface area contributed by atoms with Crippen LogP contribution >= 0.6 is 0 Å². The van der Waals surface area contributed by atoms with E-state index in [2.05, 4.69) is 12.2 Å². The number of likely N-dealkylation sites (tertiary alicyclic amines) is 1. The molecule has 1 unspecified atom stereocenters. The van der Waals surface area contributed by atoms with Gasteiger partial charge in [0.2, 0.25) is 5.91 Å². The molecule has 1 N–H and O–H groups in total. The molecule has 1 fully saturated rings. The molecule has 5 heteroatoms. The van der Waals surface area contributed by atoms with Gasteiger partial charge in [0.05, 0.1) is 13.2 Å². The minimum atomic E-state index is -1.32. The van der Waals surface area contributed by atoms with Gasteiger partial charge in [0, 0.05) is 25.9 Å². The number of rotatable bonds is 6. The molecule has 0 aromatic heterocycles. The maximum atomic E-state index is 14.2. The number of methoxy groups -OCH3 is 1. The molecule has 2 rings (SSSR count). The molecule has 21 heavy (non-hydrogen) atoms. The Morgan fingerprint density at radius 2 is 2.14 bits per heavy atom. The van der Waals surface area contributed by atoms with Gasteiger partial charge in [-0.2, -0.15) is 0 Å². The molecule has 0 radical (unpaired) electrons. The number of nitrogens with one attached hydrogen (secondary N) is 1. The summed E-state index contributed by atoms with van der Waals surface area (Å²) in [5.74, 6) is -0.110. The minimum Gasteiger partial charge on any atom is -0.381 e. The number of carbonyl (C=O) groups is 1. The number of hydrogen-bond donors (Lipinski definition) is 1. The number of carbonyl (C=O) groups excluding carboxylic acids is 1. The molecule has 1 heterocycles. The van der Waals surface area contributed by atoms with Gasteiger partial charge in [0.1, 0.15) is 5.67 Å². The molecule has 0 aliphatic carbocycles. The first-order valence-electron chi connectivity index (χ1n) is 7.33. The molecule has 0 saturated carbocycles. The van der Waals surface area contributed by atoms with Crippen LogP contribution in [0.4, 0.5) is 10.1 Å². The Kier molecular flexibility index (Phi) is 5.31.